The van der Waals surface area contributed by atoms with E-state index < -0.39 is 5.97 Å². The predicted molar refractivity (Wildman–Crippen MR) is 80.6 cm³/mol. The first-order chi connectivity index (χ1) is 9.24. The van der Waals surface area contributed by atoms with Gasteiger partial charge in [0.25, 0.3) is 0 Å². The Morgan fingerprint density at radius 3 is 2.50 bits per heavy atom. The average molecular weight is 298 g/mol. The summed E-state index contributed by atoms with van der Waals surface area (Å²) >= 11 is 1.20. The minimum absolute atomic E-state index is 0.114. The zero-order valence-corrected chi connectivity index (χ0v) is 13.5. The van der Waals surface area contributed by atoms with E-state index in [4.69, 9.17) is 4.74 Å². The number of nitrogens with one attached hydrogen (secondary N) is 1. The molecule has 0 atom stereocenters. The molecule has 0 unspecified atom stereocenters. The number of nitrogens with zero attached hydrogens (tertiary/aromatic N) is 1. The Morgan fingerprint density at radius 2 is 2.00 bits per heavy atom. The highest BCUT2D eigenvalue weighted by Gasteiger charge is 2.22. The summed E-state index contributed by atoms with van der Waals surface area (Å²) in [5.41, 5.74) is 0.333. The minimum atomic E-state index is -0.544. The van der Waals surface area contributed by atoms with Crippen LogP contribution in [0.4, 0.5) is 5.13 Å². The Hall–Kier alpha value is -1.43. The normalized spacial score (nSPS) is 11.2. The van der Waals surface area contributed by atoms with E-state index in [0.717, 1.165) is 13.0 Å². The molecule has 1 rings (SSSR count). The van der Waals surface area contributed by atoms with E-state index in [-0.39, 0.29) is 23.5 Å². The molecule has 5 nitrogen and oxygen atoms in total. The molecule has 0 fully saturated rings. The van der Waals surface area contributed by atoms with Gasteiger partial charge < -0.3 is 10.1 Å². The SMILES string of the molecule is CCOC(=O)c1nc(NCCC(C)(C)C)sc1C(C)=O. The number of ether oxygens (including phenoxy) is 1. The summed E-state index contributed by atoms with van der Waals surface area (Å²) in [5, 5.41) is 3.75. The summed E-state index contributed by atoms with van der Waals surface area (Å²) in [6.07, 6.45) is 0.969. The molecule has 0 aromatic carbocycles. The number of Topliss-reactive ketones (excluding diaryl/α,β-unsaturated/α-hetero) is 1. The van der Waals surface area contributed by atoms with Gasteiger partial charge in [0.15, 0.2) is 16.6 Å². The summed E-state index contributed by atoms with van der Waals surface area (Å²) in [4.78, 5) is 27.8. The molecule has 1 N–H and O–H groups in total. The molecule has 1 heterocycles. The molecule has 0 amide bonds. The highest BCUT2D eigenvalue weighted by molar-refractivity contribution is 7.17. The minimum Gasteiger partial charge on any atom is -0.461 e. The van der Waals surface area contributed by atoms with Gasteiger partial charge in [0.05, 0.1) is 6.61 Å². The van der Waals surface area contributed by atoms with E-state index in [9.17, 15) is 9.59 Å². The fourth-order valence-electron chi connectivity index (χ4n) is 1.52. The molecule has 0 aliphatic rings. The van der Waals surface area contributed by atoms with Crippen LogP contribution in [0.3, 0.4) is 0 Å². The summed E-state index contributed by atoms with van der Waals surface area (Å²) in [5.74, 6) is -0.716. The van der Waals surface area contributed by atoms with Crippen LogP contribution in [0.2, 0.25) is 0 Å². The van der Waals surface area contributed by atoms with Gasteiger partial charge in [0.1, 0.15) is 4.88 Å². The molecule has 0 saturated carbocycles. The summed E-state index contributed by atoms with van der Waals surface area (Å²) in [6.45, 7) is 10.6. The number of hydrogen-bond donors (Lipinski definition) is 1. The molecule has 0 aliphatic carbocycles. The van der Waals surface area contributed by atoms with E-state index in [1.807, 2.05) is 0 Å². The van der Waals surface area contributed by atoms with Crippen molar-refractivity contribution in [3.05, 3.63) is 10.6 Å². The number of anilines is 1. The standard InChI is InChI=1S/C14H22N2O3S/c1-6-19-12(18)10-11(9(2)17)20-13(16-10)15-8-7-14(3,4)5/h6-8H2,1-5H3,(H,15,16). The second-order valence-corrected chi connectivity index (χ2v) is 6.71. The Bertz CT molecular complexity index is 489. The average Bonchev–Trinajstić information content (AvgIpc) is 2.72. The lowest BCUT2D eigenvalue weighted by atomic mass is 9.92. The number of rotatable bonds is 6. The van der Waals surface area contributed by atoms with Crippen molar-refractivity contribution in [2.24, 2.45) is 5.41 Å². The van der Waals surface area contributed by atoms with Gasteiger partial charge in [0.2, 0.25) is 0 Å². The van der Waals surface area contributed by atoms with Crippen molar-refractivity contribution in [1.82, 2.24) is 4.98 Å². The zero-order valence-electron chi connectivity index (χ0n) is 12.7. The van der Waals surface area contributed by atoms with Gasteiger partial charge in [-0.1, -0.05) is 32.1 Å². The number of hydrogen-bond acceptors (Lipinski definition) is 6. The zero-order chi connectivity index (χ0) is 15.3. The molecule has 0 spiro atoms. The third-order valence-electron chi connectivity index (χ3n) is 2.57. The van der Waals surface area contributed by atoms with Crippen molar-refractivity contribution in [3.63, 3.8) is 0 Å². The Labute approximate surface area is 123 Å². The molecule has 1 aromatic heterocycles. The van der Waals surface area contributed by atoms with Gasteiger partial charge in [0, 0.05) is 13.5 Å². The Balaban J connectivity index is 2.81. The second-order valence-electron chi connectivity index (χ2n) is 5.71. The lowest BCUT2D eigenvalue weighted by molar-refractivity contribution is 0.0517. The molecule has 20 heavy (non-hydrogen) atoms. The lowest BCUT2D eigenvalue weighted by Crippen LogP contribution is -2.13. The Kier molecular flexibility index (Phi) is 5.68. The highest BCUT2D eigenvalue weighted by Crippen LogP contribution is 2.25. The maximum Gasteiger partial charge on any atom is 0.358 e. The third kappa shape index (κ3) is 4.92. The molecular weight excluding hydrogens is 276 g/mol. The van der Waals surface area contributed by atoms with Crippen molar-refractivity contribution < 1.29 is 14.3 Å². The van der Waals surface area contributed by atoms with Crippen LogP contribution in [0.25, 0.3) is 0 Å². The van der Waals surface area contributed by atoms with Crippen LogP contribution in [-0.4, -0.2) is 29.9 Å². The van der Waals surface area contributed by atoms with Crippen molar-refractivity contribution in [1.29, 1.82) is 0 Å². The number of aromatic nitrogens is 1. The van der Waals surface area contributed by atoms with Crippen molar-refractivity contribution in [2.75, 3.05) is 18.5 Å². The molecular formula is C14H22N2O3S. The van der Waals surface area contributed by atoms with Gasteiger partial charge in [-0.15, -0.1) is 0 Å². The monoisotopic (exact) mass is 298 g/mol. The smallest absolute Gasteiger partial charge is 0.358 e. The molecule has 0 saturated heterocycles. The van der Waals surface area contributed by atoms with E-state index >= 15 is 0 Å². The summed E-state index contributed by atoms with van der Waals surface area (Å²) in [6, 6.07) is 0. The molecule has 1 aromatic rings. The fraction of sp³-hybridized carbons (Fsp3) is 0.643. The van der Waals surface area contributed by atoms with Crippen LogP contribution in [-0.2, 0) is 4.74 Å². The first-order valence-corrected chi connectivity index (χ1v) is 7.49. The molecule has 6 heteroatoms. The van der Waals surface area contributed by atoms with Gasteiger partial charge in [-0.25, -0.2) is 9.78 Å². The molecule has 112 valence electrons. The van der Waals surface area contributed by atoms with E-state index in [0.29, 0.717) is 10.0 Å². The number of carbonyl (C=O) groups is 2. The van der Waals surface area contributed by atoms with Crippen LogP contribution >= 0.6 is 11.3 Å². The fourth-order valence-corrected chi connectivity index (χ4v) is 2.39. The predicted octanol–water partition coefficient (Wildman–Crippen LogP) is 3.37. The quantitative estimate of drug-likeness (QED) is 0.644. The lowest BCUT2D eigenvalue weighted by Gasteiger charge is -2.17. The van der Waals surface area contributed by atoms with Crippen LogP contribution in [0.1, 0.15) is 61.2 Å². The van der Waals surface area contributed by atoms with Crippen molar-refractivity contribution in [2.45, 2.75) is 41.0 Å². The molecule has 0 radical (unpaired) electrons. The van der Waals surface area contributed by atoms with Gasteiger partial charge in [-0.05, 0) is 18.8 Å². The van der Waals surface area contributed by atoms with Gasteiger partial charge >= 0.3 is 5.97 Å². The maximum absolute atomic E-state index is 11.8. The molecule has 0 aliphatic heterocycles. The van der Waals surface area contributed by atoms with E-state index in [1.54, 1.807) is 6.92 Å². The largest absolute Gasteiger partial charge is 0.461 e. The molecule has 0 bridgehead atoms. The highest BCUT2D eigenvalue weighted by atomic mass is 32.1. The number of carbonyl (C=O) groups excluding carboxylic acids is 2. The Morgan fingerprint density at radius 1 is 1.35 bits per heavy atom. The maximum atomic E-state index is 11.8. The number of ketones is 1. The van der Waals surface area contributed by atoms with E-state index in [1.165, 1.54) is 18.3 Å². The summed E-state index contributed by atoms with van der Waals surface area (Å²) in [7, 11) is 0. The van der Waals surface area contributed by atoms with Crippen molar-refractivity contribution >= 4 is 28.2 Å². The topological polar surface area (TPSA) is 68.3 Å². The second kappa shape index (κ2) is 6.83. The van der Waals surface area contributed by atoms with Crippen LogP contribution < -0.4 is 5.32 Å². The summed E-state index contributed by atoms with van der Waals surface area (Å²) < 4.78 is 4.92. The van der Waals surface area contributed by atoms with Gasteiger partial charge in [-0.2, -0.15) is 0 Å². The van der Waals surface area contributed by atoms with Crippen LogP contribution in [0, 0.1) is 5.41 Å². The van der Waals surface area contributed by atoms with Crippen LogP contribution in [0.5, 0.6) is 0 Å². The first kappa shape index (κ1) is 16.6. The third-order valence-corrected chi connectivity index (χ3v) is 3.68. The number of thiazole rings is 1. The number of esters is 1. The van der Waals surface area contributed by atoms with Crippen molar-refractivity contribution in [3.8, 4) is 0 Å². The van der Waals surface area contributed by atoms with Crippen LogP contribution in [0.15, 0.2) is 0 Å². The van der Waals surface area contributed by atoms with Gasteiger partial charge in [-0.3, -0.25) is 4.79 Å². The van der Waals surface area contributed by atoms with E-state index in [2.05, 4.69) is 31.1 Å². The first-order valence-electron chi connectivity index (χ1n) is 6.67.